The third kappa shape index (κ3) is 5.20. The minimum absolute atomic E-state index is 0.0716. The third-order valence-electron chi connectivity index (χ3n) is 5.31. The normalized spacial score (nSPS) is 36.0. The van der Waals surface area contributed by atoms with Crippen molar-refractivity contribution in [1.29, 1.82) is 0 Å². The van der Waals surface area contributed by atoms with E-state index in [2.05, 4.69) is 6.92 Å². The first-order valence-corrected chi connectivity index (χ1v) is 9.08. The van der Waals surface area contributed by atoms with Crippen molar-refractivity contribution in [3.63, 3.8) is 0 Å². The zero-order chi connectivity index (χ0) is 15.9. The fourth-order valence-electron chi connectivity index (χ4n) is 3.79. The van der Waals surface area contributed by atoms with E-state index >= 15 is 0 Å². The number of carbonyl (C=O) groups is 1. The molecule has 0 aromatic heterocycles. The van der Waals surface area contributed by atoms with Gasteiger partial charge in [0.25, 0.3) is 0 Å². The number of unbranched alkanes of at least 4 members (excludes halogenated alkanes) is 2. The molecule has 2 saturated carbocycles. The molecule has 3 atom stereocenters. The van der Waals surface area contributed by atoms with Gasteiger partial charge in [-0.25, -0.2) is 8.78 Å². The molecular formula is C18H30F2O2. The van der Waals surface area contributed by atoms with E-state index in [1.54, 1.807) is 0 Å². The fourth-order valence-corrected chi connectivity index (χ4v) is 3.79. The summed E-state index contributed by atoms with van der Waals surface area (Å²) in [6.45, 7) is 2.21. The maximum atomic E-state index is 13.7. The molecule has 2 aliphatic rings. The molecule has 0 amide bonds. The Balaban J connectivity index is 1.69. The molecule has 3 unspecified atom stereocenters. The van der Waals surface area contributed by atoms with E-state index in [-0.39, 0.29) is 18.3 Å². The summed E-state index contributed by atoms with van der Waals surface area (Å²) in [4.78, 5) is 12.2. The van der Waals surface area contributed by atoms with Crippen LogP contribution in [0.2, 0.25) is 0 Å². The minimum atomic E-state index is -1.34. The van der Waals surface area contributed by atoms with Crippen LogP contribution in [-0.2, 0) is 9.53 Å². The fraction of sp³-hybridized carbons (Fsp3) is 0.944. The highest BCUT2D eigenvalue weighted by atomic mass is 19.1. The van der Waals surface area contributed by atoms with Gasteiger partial charge in [0.15, 0.2) is 0 Å². The van der Waals surface area contributed by atoms with Gasteiger partial charge in [-0.05, 0) is 44.4 Å². The second kappa shape index (κ2) is 8.83. The van der Waals surface area contributed by atoms with E-state index in [4.69, 9.17) is 4.74 Å². The molecular weight excluding hydrogens is 286 g/mol. The molecule has 0 aliphatic heterocycles. The maximum Gasteiger partial charge on any atom is 0.309 e. The van der Waals surface area contributed by atoms with Gasteiger partial charge >= 0.3 is 5.97 Å². The number of carbonyl (C=O) groups excluding carboxylic acids is 1. The third-order valence-corrected chi connectivity index (χ3v) is 5.31. The molecule has 4 heteroatoms. The Hall–Kier alpha value is -0.670. The van der Waals surface area contributed by atoms with Crippen molar-refractivity contribution >= 4 is 5.97 Å². The topological polar surface area (TPSA) is 26.3 Å². The molecule has 2 aliphatic carbocycles. The van der Waals surface area contributed by atoms with E-state index in [1.807, 2.05) is 0 Å². The molecule has 2 rings (SSSR count). The molecule has 0 spiro atoms. The van der Waals surface area contributed by atoms with Gasteiger partial charge in [0.05, 0.1) is 5.92 Å². The quantitative estimate of drug-likeness (QED) is 0.500. The lowest BCUT2D eigenvalue weighted by Gasteiger charge is -2.31. The minimum Gasteiger partial charge on any atom is -0.459 e. The summed E-state index contributed by atoms with van der Waals surface area (Å²) in [5.74, 6) is 0.418. The number of halogens is 2. The van der Waals surface area contributed by atoms with Gasteiger partial charge in [-0.3, -0.25) is 4.79 Å². The van der Waals surface area contributed by atoms with E-state index in [9.17, 15) is 13.6 Å². The predicted molar refractivity (Wildman–Crippen MR) is 83.1 cm³/mol. The lowest BCUT2D eigenvalue weighted by Crippen LogP contribution is -2.37. The van der Waals surface area contributed by atoms with Crippen molar-refractivity contribution in [2.75, 3.05) is 0 Å². The first kappa shape index (κ1) is 17.7. The average molecular weight is 316 g/mol. The summed E-state index contributed by atoms with van der Waals surface area (Å²) in [6.07, 6.45) is 6.35. The summed E-state index contributed by atoms with van der Waals surface area (Å²) in [5.41, 5.74) is 0. The molecule has 128 valence electrons. The van der Waals surface area contributed by atoms with Crippen LogP contribution in [0.3, 0.4) is 0 Å². The number of alkyl halides is 2. The zero-order valence-electron chi connectivity index (χ0n) is 13.7. The Kier molecular flexibility index (Phi) is 7.10. The van der Waals surface area contributed by atoms with Crippen molar-refractivity contribution in [2.24, 2.45) is 11.8 Å². The van der Waals surface area contributed by atoms with E-state index in [0.717, 1.165) is 31.6 Å². The van der Waals surface area contributed by atoms with Crippen LogP contribution in [-0.4, -0.2) is 24.4 Å². The van der Waals surface area contributed by atoms with Crippen LogP contribution in [0.15, 0.2) is 0 Å². The number of hydrogen-bond donors (Lipinski definition) is 0. The van der Waals surface area contributed by atoms with Crippen LogP contribution < -0.4 is 0 Å². The molecule has 0 saturated heterocycles. The van der Waals surface area contributed by atoms with Crippen molar-refractivity contribution in [3.05, 3.63) is 0 Å². The van der Waals surface area contributed by atoms with Crippen LogP contribution in [0.4, 0.5) is 8.78 Å². The molecule has 2 fully saturated rings. The maximum absolute atomic E-state index is 13.7. The van der Waals surface area contributed by atoms with E-state index in [0.29, 0.717) is 12.8 Å². The van der Waals surface area contributed by atoms with Crippen molar-refractivity contribution in [2.45, 2.75) is 96.0 Å². The second-order valence-corrected chi connectivity index (χ2v) is 7.12. The molecule has 2 nitrogen and oxygen atoms in total. The lowest BCUT2D eigenvalue weighted by atomic mass is 9.79. The van der Waals surface area contributed by atoms with Crippen LogP contribution in [0, 0.1) is 11.8 Å². The summed E-state index contributed by atoms with van der Waals surface area (Å²) < 4.78 is 32.2. The highest BCUT2D eigenvalue weighted by molar-refractivity contribution is 5.72. The van der Waals surface area contributed by atoms with Crippen LogP contribution in [0.1, 0.15) is 77.6 Å². The van der Waals surface area contributed by atoms with Gasteiger partial charge in [0.2, 0.25) is 0 Å². The Bertz CT molecular complexity index is 340. The molecule has 0 aromatic carbocycles. The molecule has 0 N–H and O–H groups in total. The Morgan fingerprint density at radius 1 is 1.05 bits per heavy atom. The summed E-state index contributed by atoms with van der Waals surface area (Å²) in [7, 11) is 0. The van der Waals surface area contributed by atoms with Crippen LogP contribution in [0.25, 0.3) is 0 Å². The Morgan fingerprint density at radius 2 is 1.77 bits per heavy atom. The van der Waals surface area contributed by atoms with Crippen LogP contribution >= 0.6 is 0 Å². The number of hydrogen-bond acceptors (Lipinski definition) is 2. The van der Waals surface area contributed by atoms with Gasteiger partial charge in [0, 0.05) is 6.42 Å². The number of rotatable bonds is 6. The smallest absolute Gasteiger partial charge is 0.309 e. The molecule has 22 heavy (non-hydrogen) atoms. The highest BCUT2D eigenvalue weighted by Crippen LogP contribution is 2.34. The van der Waals surface area contributed by atoms with Gasteiger partial charge in [-0.1, -0.05) is 32.6 Å². The Morgan fingerprint density at radius 3 is 2.41 bits per heavy atom. The second-order valence-electron chi connectivity index (χ2n) is 7.12. The number of ether oxygens (including phenoxy) is 1. The van der Waals surface area contributed by atoms with Gasteiger partial charge < -0.3 is 4.74 Å². The van der Waals surface area contributed by atoms with Crippen molar-refractivity contribution in [1.82, 2.24) is 0 Å². The van der Waals surface area contributed by atoms with E-state index in [1.165, 1.54) is 25.7 Å². The van der Waals surface area contributed by atoms with E-state index < -0.39 is 18.4 Å². The summed E-state index contributed by atoms with van der Waals surface area (Å²) >= 11 is 0. The summed E-state index contributed by atoms with van der Waals surface area (Å²) in [5, 5.41) is 0. The molecule has 0 radical (unpaired) electrons. The molecule has 0 heterocycles. The van der Waals surface area contributed by atoms with Gasteiger partial charge in [-0.2, -0.15) is 0 Å². The Labute approximate surface area is 133 Å². The standard InChI is InChI=1S/C18H30F2O2/c1-2-3-4-5-13-6-8-14(9-7-13)18(21)22-17-11-10-15(19)12-16(17)20/h13-17H,2-12H2,1H3. The molecule has 0 bridgehead atoms. The molecule has 0 aromatic rings. The van der Waals surface area contributed by atoms with Gasteiger partial charge in [0.1, 0.15) is 18.4 Å². The highest BCUT2D eigenvalue weighted by Gasteiger charge is 2.35. The average Bonchev–Trinajstić information content (AvgIpc) is 2.51. The SMILES string of the molecule is CCCCCC1CCC(C(=O)OC2CCC(F)CC2F)CC1. The zero-order valence-corrected chi connectivity index (χ0v) is 13.7. The van der Waals surface area contributed by atoms with Crippen molar-refractivity contribution in [3.8, 4) is 0 Å². The monoisotopic (exact) mass is 316 g/mol. The van der Waals surface area contributed by atoms with Gasteiger partial charge in [-0.15, -0.1) is 0 Å². The first-order valence-electron chi connectivity index (χ1n) is 9.08. The lowest BCUT2D eigenvalue weighted by molar-refractivity contribution is -0.162. The number of esters is 1. The first-order chi connectivity index (χ1) is 10.6. The van der Waals surface area contributed by atoms with Crippen molar-refractivity contribution < 1.29 is 18.3 Å². The summed E-state index contributed by atoms with van der Waals surface area (Å²) in [6, 6.07) is 0. The van der Waals surface area contributed by atoms with Crippen LogP contribution in [0.5, 0.6) is 0 Å². The largest absolute Gasteiger partial charge is 0.459 e. The predicted octanol–water partition coefficient (Wildman–Crippen LogP) is 5.15.